The van der Waals surface area contributed by atoms with E-state index in [1.807, 2.05) is 31.2 Å². The van der Waals surface area contributed by atoms with Gasteiger partial charge in [0.15, 0.2) is 28.8 Å². The predicted molar refractivity (Wildman–Crippen MR) is 176 cm³/mol. The van der Waals surface area contributed by atoms with Gasteiger partial charge in [-0.2, -0.15) is 0 Å². The number of ketones is 1. The Kier molecular flexibility index (Phi) is 12.6. The molecule has 0 radical (unpaired) electrons. The van der Waals surface area contributed by atoms with E-state index in [0.29, 0.717) is 53.1 Å². The van der Waals surface area contributed by atoms with Crippen LogP contribution in [0.5, 0.6) is 23.0 Å². The van der Waals surface area contributed by atoms with Crippen LogP contribution in [0.1, 0.15) is 66.8 Å². The van der Waals surface area contributed by atoms with Crippen molar-refractivity contribution in [2.75, 3.05) is 40.6 Å². The van der Waals surface area contributed by atoms with Crippen molar-refractivity contribution >= 4 is 45.1 Å². The smallest absolute Gasteiger partial charge is 0.306 e. The van der Waals surface area contributed by atoms with Gasteiger partial charge in [0.1, 0.15) is 13.2 Å². The summed E-state index contributed by atoms with van der Waals surface area (Å²) in [4.78, 5) is 51.1. The SMILES string of the molecule is C=C(COc1cc2c(cc1OC)CN(C(=O)CCC(=O)OCCC)C2)COc1cc2cc(C(=O)CCC(=O)OCC)sc2cc1OC. The molecule has 47 heavy (non-hydrogen) atoms. The summed E-state index contributed by atoms with van der Waals surface area (Å²) in [7, 11) is 3.10. The quantitative estimate of drug-likeness (QED) is 0.0901. The second-order valence-electron chi connectivity index (χ2n) is 10.9. The first-order valence-corrected chi connectivity index (χ1v) is 16.3. The van der Waals surface area contributed by atoms with Crippen LogP contribution in [0.15, 0.2) is 42.5 Å². The Morgan fingerprint density at radius 2 is 1.36 bits per heavy atom. The summed E-state index contributed by atoms with van der Waals surface area (Å²) in [6.07, 6.45) is 1.00. The first-order valence-electron chi connectivity index (χ1n) is 15.5. The van der Waals surface area contributed by atoms with Gasteiger partial charge in [0, 0.05) is 36.7 Å². The molecular formula is C35H41NO10S. The predicted octanol–water partition coefficient (Wildman–Crippen LogP) is 6.03. The number of esters is 2. The van der Waals surface area contributed by atoms with Gasteiger partial charge in [-0.15, -0.1) is 11.3 Å². The fourth-order valence-corrected chi connectivity index (χ4v) is 5.98. The Hall–Kier alpha value is -4.58. The van der Waals surface area contributed by atoms with E-state index in [-0.39, 0.29) is 63.2 Å². The molecule has 4 rings (SSSR count). The molecule has 0 unspecified atom stereocenters. The van der Waals surface area contributed by atoms with Crippen molar-refractivity contribution in [1.82, 2.24) is 4.90 Å². The molecule has 1 aliphatic heterocycles. The summed E-state index contributed by atoms with van der Waals surface area (Å²) in [5.74, 6) is 1.05. The van der Waals surface area contributed by atoms with E-state index in [9.17, 15) is 19.2 Å². The number of amides is 1. The maximum atomic E-state index is 12.7. The lowest BCUT2D eigenvalue weighted by atomic mass is 10.1. The zero-order valence-corrected chi connectivity index (χ0v) is 28.1. The fourth-order valence-electron chi connectivity index (χ4n) is 4.94. The van der Waals surface area contributed by atoms with Crippen LogP contribution in [0.3, 0.4) is 0 Å². The molecule has 0 fully saturated rings. The van der Waals surface area contributed by atoms with E-state index in [2.05, 4.69) is 6.58 Å². The molecule has 1 amide bonds. The van der Waals surface area contributed by atoms with Crippen LogP contribution < -0.4 is 18.9 Å². The van der Waals surface area contributed by atoms with E-state index in [1.165, 1.54) is 11.3 Å². The maximum Gasteiger partial charge on any atom is 0.306 e. The minimum atomic E-state index is -0.393. The Morgan fingerprint density at radius 3 is 2.00 bits per heavy atom. The van der Waals surface area contributed by atoms with Gasteiger partial charge in [-0.25, -0.2) is 0 Å². The van der Waals surface area contributed by atoms with E-state index in [0.717, 1.165) is 27.6 Å². The first kappa shape index (κ1) is 35.3. The number of ether oxygens (including phenoxy) is 6. The molecule has 11 nitrogen and oxygen atoms in total. The molecule has 2 aromatic carbocycles. The lowest BCUT2D eigenvalue weighted by Gasteiger charge is -2.15. The Morgan fingerprint density at radius 1 is 0.766 bits per heavy atom. The highest BCUT2D eigenvalue weighted by Gasteiger charge is 2.26. The average molecular weight is 668 g/mol. The van der Waals surface area contributed by atoms with Crippen LogP contribution in [0, 0.1) is 0 Å². The highest BCUT2D eigenvalue weighted by atomic mass is 32.1. The second-order valence-corrected chi connectivity index (χ2v) is 12.0. The number of rotatable bonds is 18. The highest BCUT2D eigenvalue weighted by Crippen LogP contribution is 2.38. The van der Waals surface area contributed by atoms with Crippen molar-refractivity contribution in [2.45, 2.75) is 59.0 Å². The Balaban J connectivity index is 1.32. The summed E-state index contributed by atoms with van der Waals surface area (Å²) in [6.45, 7) is 9.51. The number of fused-ring (bicyclic) bond motifs is 2. The molecule has 0 spiro atoms. The van der Waals surface area contributed by atoms with Crippen LogP contribution >= 0.6 is 11.3 Å². The van der Waals surface area contributed by atoms with Crippen LogP contribution in [-0.2, 0) is 36.9 Å². The summed E-state index contributed by atoms with van der Waals surface area (Å²) in [5, 5.41) is 0.818. The van der Waals surface area contributed by atoms with Crippen LogP contribution in [0.4, 0.5) is 0 Å². The molecule has 0 aliphatic carbocycles. The zero-order chi connectivity index (χ0) is 33.9. The topological polar surface area (TPSA) is 127 Å². The molecule has 0 N–H and O–H groups in total. The Bertz CT molecular complexity index is 1630. The minimum Gasteiger partial charge on any atom is -0.493 e. The number of hydrogen-bond donors (Lipinski definition) is 0. The number of methoxy groups -OCH3 is 2. The van der Waals surface area contributed by atoms with Gasteiger partial charge in [-0.1, -0.05) is 13.5 Å². The normalized spacial score (nSPS) is 12.0. The van der Waals surface area contributed by atoms with Crippen LogP contribution in [0.25, 0.3) is 10.1 Å². The lowest BCUT2D eigenvalue weighted by Crippen LogP contribution is -2.25. The van der Waals surface area contributed by atoms with Gasteiger partial charge < -0.3 is 33.3 Å². The molecule has 0 saturated heterocycles. The van der Waals surface area contributed by atoms with Gasteiger partial charge in [-0.05, 0) is 59.7 Å². The number of Topliss-reactive ketones (excluding diaryl/α,β-unsaturated/α-hetero) is 1. The van der Waals surface area contributed by atoms with E-state index >= 15 is 0 Å². The Labute approximate surface area is 278 Å². The third-order valence-electron chi connectivity index (χ3n) is 7.37. The van der Waals surface area contributed by atoms with Crippen molar-refractivity contribution in [1.29, 1.82) is 0 Å². The molecule has 2 heterocycles. The first-order chi connectivity index (χ1) is 22.6. The lowest BCUT2D eigenvalue weighted by molar-refractivity contribution is -0.146. The molecule has 0 saturated carbocycles. The van der Waals surface area contributed by atoms with Gasteiger partial charge in [0.05, 0.1) is 45.2 Å². The number of nitrogens with zero attached hydrogens (tertiary/aromatic N) is 1. The van der Waals surface area contributed by atoms with Crippen molar-refractivity contribution in [3.8, 4) is 23.0 Å². The standard InChI is InChI=1S/C35H41NO10S/c1-6-12-44-35(40)11-9-33(38)36-18-24-14-27(41-4)30(15-25(24)19-36)46-21-22(3)20-45-29-13-23-16-32(47-31(23)17-28(29)42-5)26(37)8-10-34(39)43-7-2/h13-17H,3,6-12,18-21H2,1-2,4-5H3. The van der Waals surface area contributed by atoms with Crippen molar-refractivity contribution in [3.63, 3.8) is 0 Å². The molecule has 1 aromatic heterocycles. The minimum absolute atomic E-state index is 0.0385. The largest absolute Gasteiger partial charge is 0.493 e. The summed E-state index contributed by atoms with van der Waals surface area (Å²) >= 11 is 1.33. The summed E-state index contributed by atoms with van der Waals surface area (Å²) in [6, 6.07) is 9.14. The second kappa shape index (κ2) is 16.8. The van der Waals surface area contributed by atoms with Crippen molar-refractivity contribution in [3.05, 3.63) is 58.5 Å². The number of carbonyl (C=O) groups excluding carboxylic acids is 4. The van der Waals surface area contributed by atoms with Crippen LogP contribution in [0.2, 0.25) is 0 Å². The highest BCUT2D eigenvalue weighted by molar-refractivity contribution is 7.20. The molecule has 1 aliphatic rings. The van der Waals surface area contributed by atoms with E-state index in [1.54, 1.807) is 32.1 Å². The van der Waals surface area contributed by atoms with Crippen molar-refractivity contribution in [2.24, 2.45) is 0 Å². The third kappa shape index (κ3) is 9.47. The van der Waals surface area contributed by atoms with Crippen molar-refractivity contribution < 1.29 is 47.6 Å². The number of carbonyl (C=O) groups is 4. The fraction of sp³-hybridized carbons (Fsp3) is 0.429. The molecule has 0 bridgehead atoms. The van der Waals surface area contributed by atoms with E-state index < -0.39 is 5.97 Å². The summed E-state index contributed by atoms with van der Waals surface area (Å²) in [5.41, 5.74) is 2.55. The van der Waals surface area contributed by atoms with E-state index in [4.69, 9.17) is 28.4 Å². The maximum absolute atomic E-state index is 12.7. The average Bonchev–Trinajstić information content (AvgIpc) is 3.69. The summed E-state index contributed by atoms with van der Waals surface area (Å²) < 4.78 is 34.0. The monoisotopic (exact) mass is 667 g/mol. The molecule has 3 aromatic rings. The van der Waals surface area contributed by atoms with Gasteiger partial charge in [0.2, 0.25) is 5.91 Å². The third-order valence-corrected chi connectivity index (χ3v) is 8.51. The number of thiophene rings is 1. The van der Waals surface area contributed by atoms with Gasteiger partial charge in [0.25, 0.3) is 0 Å². The molecular weight excluding hydrogens is 626 g/mol. The number of benzene rings is 2. The van der Waals surface area contributed by atoms with Crippen LogP contribution in [-0.4, -0.2) is 69.2 Å². The zero-order valence-electron chi connectivity index (χ0n) is 27.3. The van der Waals surface area contributed by atoms with Gasteiger partial charge >= 0.3 is 11.9 Å². The molecule has 0 atom stereocenters. The number of hydrogen-bond acceptors (Lipinski definition) is 11. The molecule has 12 heteroatoms. The molecule has 252 valence electrons. The van der Waals surface area contributed by atoms with Gasteiger partial charge in [-0.3, -0.25) is 19.2 Å².